The number of amides is 2. The topological polar surface area (TPSA) is 105 Å². The number of benzene rings is 3. The van der Waals surface area contributed by atoms with Crippen molar-refractivity contribution in [2.75, 3.05) is 17.7 Å². The molecular weight excluding hydrogens is 384 g/mol. The number of anilines is 2. The number of hydrogen-bond donors (Lipinski definition) is 3. The number of hydrogen-bond acceptors (Lipinski definition) is 4. The molecule has 0 unspecified atom stereocenters. The number of carboxylic acids is 1. The zero-order chi connectivity index (χ0) is 21.7. The number of methoxy groups -OCH3 is 1. The minimum atomic E-state index is -1.08. The van der Waals surface area contributed by atoms with E-state index in [1.54, 1.807) is 61.5 Å². The lowest BCUT2D eigenvalue weighted by Crippen LogP contribution is -2.15. The van der Waals surface area contributed by atoms with E-state index in [1.807, 2.05) is 0 Å². The zero-order valence-electron chi connectivity index (χ0n) is 16.4. The number of aromatic carboxylic acids is 1. The third-order valence-corrected chi connectivity index (χ3v) is 4.45. The Balaban J connectivity index is 1.76. The van der Waals surface area contributed by atoms with Crippen molar-refractivity contribution < 1.29 is 24.2 Å². The Bertz CT molecular complexity index is 1120. The molecule has 0 aliphatic carbocycles. The second-order valence-corrected chi connectivity index (χ2v) is 6.56. The fourth-order valence-electron chi connectivity index (χ4n) is 2.79. The predicted octanol–water partition coefficient (Wildman–Crippen LogP) is 4.21. The Morgan fingerprint density at radius 1 is 0.800 bits per heavy atom. The highest BCUT2D eigenvalue weighted by Gasteiger charge is 2.13. The van der Waals surface area contributed by atoms with Crippen LogP contribution in [0.5, 0.6) is 5.75 Å². The highest BCUT2D eigenvalue weighted by Crippen LogP contribution is 2.20. The van der Waals surface area contributed by atoms with Crippen molar-refractivity contribution in [2.45, 2.75) is 6.92 Å². The quantitative estimate of drug-likeness (QED) is 0.571. The molecule has 3 aromatic carbocycles. The van der Waals surface area contributed by atoms with Crippen LogP contribution in [0.1, 0.15) is 36.6 Å². The van der Waals surface area contributed by atoms with Crippen molar-refractivity contribution in [2.24, 2.45) is 0 Å². The number of aryl methyl sites for hydroxylation is 1. The Morgan fingerprint density at radius 2 is 1.47 bits per heavy atom. The summed E-state index contributed by atoms with van der Waals surface area (Å²) in [6.45, 7) is 1.77. The summed E-state index contributed by atoms with van der Waals surface area (Å²) in [6.07, 6.45) is 0. The largest absolute Gasteiger partial charge is 0.497 e. The van der Waals surface area contributed by atoms with Gasteiger partial charge < -0.3 is 20.5 Å². The average molecular weight is 404 g/mol. The summed E-state index contributed by atoms with van der Waals surface area (Å²) in [5.74, 6) is -1.27. The predicted molar refractivity (Wildman–Crippen MR) is 113 cm³/mol. The van der Waals surface area contributed by atoms with Gasteiger partial charge in [0.1, 0.15) is 5.75 Å². The molecule has 0 aliphatic rings. The van der Waals surface area contributed by atoms with E-state index in [0.29, 0.717) is 28.3 Å². The summed E-state index contributed by atoms with van der Waals surface area (Å²) in [7, 11) is 1.52. The van der Waals surface area contributed by atoms with E-state index in [0.717, 1.165) is 5.56 Å². The van der Waals surface area contributed by atoms with Gasteiger partial charge in [-0.05, 0) is 61.0 Å². The molecular formula is C23H20N2O5. The van der Waals surface area contributed by atoms with Crippen LogP contribution in [-0.2, 0) is 0 Å². The van der Waals surface area contributed by atoms with Gasteiger partial charge in [0.05, 0.1) is 12.7 Å². The molecule has 30 heavy (non-hydrogen) atoms. The smallest absolute Gasteiger partial charge is 0.335 e. The summed E-state index contributed by atoms with van der Waals surface area (Å²) in [4.78, 5) is 36.3. The van der Waals surface area contributed by atoms with Gasteiger partial charge in [-0.25, -0.2) is 4.79 Å². The number of ether oxygens (including phenoxy) is 1. The monoisotopic (exact) mass is 404 g/mol. The molecule has 152 valence electrons. The summed E-state index contributed by atoms with van der Waals surface area (Å²) in [5.41, 5.74) is 2.41. The van der Waals surface area contributed by atoms with Gasteiger partial charge in [-0.2, -0.15) is 0 Å². The lowest BCUT2D eigenvalue weighted by atomic mass is 10.1. The maximum absolute atomic E-state index is 12.7. The summed E-state index contributed by atoms with van der Waals surface area (Å²) in [6, 6.07) is 17.7. The van der Waals surface area contributed by atoms with Crippen molar-refractivity contribution in [3.05, 3.63) is 89.0 Å². The van der Waals surface area contributed by atoms with Gasteiger partial charge >= 0.3 is 5.97 Å². The fraction of sp³-hybridized carbons (Fsp3) is 0.0870. The maximum atomic E-state index is 12.7. The first-order valence-corrected chi connectivity index (χ1v) is 9.08. The van der Waals surface area contributed by atoms with Gasteiger partial charge in [0, 0.05) is 22.5 Å². The van der Waals surface area contributed by atoms with E-state index in [-0.39, 0.29) is 11.5 Å². The molecule has 0 heterocycles. The Labute approximate surface area is 173 Å². The van der Waals surface area contributed by atoms with Crippen LogP contribution in [0, 0.1) is 6.92 Å². The first kappa shape index (κ1) is 20.6. The SMILES string of the molecule is COc1cccc(C(=O)Nc2cccc(C(=O)Nc3cc(C(=O)O)ccc3C)c2)c1. The van der Waals surface area contributed by atoms with Crippen LogP contribution in [0.2, 0.25) is 0 Å². The molecule has 3 rings (SSSR count). The molecule has 0 saturated heterocycles. The average Bonchev–Trinajstić information content (AvgIpc) is 2.75. The van der Waals surface area contributed by atoms with E-state index >= 15 is 0 Å². The third kappa shape index (κ3) is 4.82. The second-order valence-electron chi connectivity index (χ2n) is 6.56. The van der Waals surface area contributed by atoms with Crippen molar-refractivity contribution in [1.82, 2.24) is 0 Å². The normalized spacial score (nSPS) is 10.2. The standard InChI is InChI=1S/C23H20N2O5/c1-14-9-10-17(23(28)29)13-20(14)25-22(27)15-5-3-7-18(11-15)24-21(26)16-6-4-8-19(12-16)30-2/h3-13H,1-2H3,(H,24,26)(H,25,27)(H,28,29). The van der Waals surface area contributed by atoms with Crippen LogP contribution < -0.4 is 15.4 Å². The van der Waals surface area contributed by atoms with Crippen LogP contribution in [0.15, 0.2) is 66.7 Å². The van der Waals surface area contributed by atoms with Crippen LogP contribution in [0.3, 0.4) is 0 Å². The molecule has 0 aromatic heterocycles. The lowest BCUT2D eigenvalue weighted by Gasteiger charge is -2.11. The molecule has 7 heteroatoms. The van der Waals surface area contributed by atoms with Crippen molar-refractivity contribution in [3.63, 3.8) is 0 Å². The van der Waals surface area contributed by atoms with E-state index in [9.17, 15) is 14.4 Å². The van der Waals surface area contributed by atoms with Gasteiger partial charge in [0.15, 0.2) is 0 Å². The van der Waals surface area contributed by atoms with Gasteiger partial charge in [0.25, 0.3) is 11.8 Å². The van der Waals surface area contributed by atoms with Gasteiger partial charge in [-0.1, -0.05) is 18.2 Å². The second kappa shape index (κ2) is 8.91. The molecule has 0 saturated carbocycles. The minimum Gasteiger partial charge on any atom is -0.497 e. The number of carboxylic acid groups (broad SMARTS) is 1. The van der Waals surface area contributed by atoms with E-state index in [1.165, 1.54) is 19.2 Å². The molecule has 0 spiro atoms. The molecule has 2 amide bonds. The molecule has 0 fully saturated rings. The van der Waals surface area contributed by atoms with Crippen molar-refractivity contribution >= 4 is 29.2 Å². The number of nitrogens with one attached hydrogen (secondary N) is 2. The third-order valence-electron chi connectivity index (χ3n) is 4.45. The van der Waals surface area contributed by atoms with Crippen LogP contribution in [0.25, 0.3) is 0 Å². The molecule has 7 nitrogen and oxygen atoms in total. The van der Waals surface area contributed by atoms with Crippen LogP contribution >= 0.6 is 0 Å². The van der Waals surface area contributed by atoms with Gasteiger partial charge in [0.2, 0.25) is 0 Å². The first-order chi connectivity index (χ1) is 14.4. The fourth-order valence-corrected chi connectivity index (χ4v) is 2.79. The minimum absolute atomic E-state index is 0.0789. The Hall–Kier alpha value is -4.13. The van der Waals surface area contributed by atoms with E-state index < -0.39 is 11.9 Å². The number of carbonyl (C=O) groups is 3. The Kier molecular flexibility index (Phi) is 6.12. The molecule has 0 atom stereocenters. The van der Waals surface area contributed by atoms with Crippen LogP contribution in [0.4, 0.5) is 11.4 Å². The van der Waals surface area contributed by atoms with Crippen LogP contribution in [-0.4, -0.2) is 30.0 Å². The van der Waals surface area contributed by atoms with Gasteiger partial charge in [-0.3, -0.25) is 9.59 Å². The Morgan fingerprint density at radius 3 is 2.17 bits per heavy atom. The molecule has 0 bridgehead atoms. The molecule has 3 N–H and O–H groups in total. The lowest BCUT2D eigenvalue weighted by molar-refractivity contribution is 0.0696. The molecule has 0 aliphatic heterocycles. The highest BCUT2D eigenvalue weighted by atomic mass is 16.5. The van der Waals surface area contributed by atoms with E-state index in [4.69, 9.17) is 9.84 Å². The van der Waals surface area contributed by atoms with E-state index in [2.05, 4.69) is 10.6 Å². The maximum Gasteiger partial charge on any atom is 0.335 e. The zero-order valence-corrected chi connectivity index (χ0v) is 16.4. The molecule has 3 aromatic rings. The summed E-state index contributed by atoms with van der Waals surface area (Å²) < 4.78 is 5.13. The highest BCUT2D eigenvalue weighted by molar-refractivity contribution is 6.08. The van der Waals surface area contributed by atoms with Gasteiger partial charge in [-0.15, -0.1) is 0 Å². The number of carbonyl (C=O) groups excluding carboxylic acids is 2. The first-order valence-electron chi connectivity index (χ1n) is 9.08. The summed E-state index contributed by atoms with van der Waals surface area (Å²) in [5, 5.41) is 14.6. The molecule has 0 radical (unpaired) electrons. The van der Waals surface area contributed by atoms with Crippen molar-refractivity contribution in [3.8, 4) is 5.75 Å². The summed E-state index contributed by atoms with van der Waals surface area (Å²) >= 11 is 0. The van der Waals surface area contributed by atoms with Crippen molar-refractivity contribution in [1.29, 1.82) is 0 Å². The number of rotatable bonds is 6.